The molecule has 25 heavy (non-hydrogen) atoms. The molecule has 0 saturated carbocycles. The number of thiophene rings is 1. The van der Waals surface area contributed by atoms with Crippen LogP contribution in [0.15, 0.2) is 60.7 Å². The topological polar surface area (TPSA) is 34.1 Å². The van der Waals surface area contributed by atoms with Crippen LogP contribution in [0.25, 0.3) is 10.4 Å². The highest BCUT2D eigenvalue weighted by Crippen LogP contribution is 2.32. The molecule has 3 rings (SSSR count). The minimum atomic E-state index is -0.319. The van der Waals surface area contributed by atoms with Gasteiger partial charge in [-0.15, -0.1) is 11.3 Å². The van der Waals surface area contributed by atoms with Gasteiger partial charge in [-0.2, -0.15) is 0 Å². The van der Waals surface area contributed by atoms with E-state index in [1.165, 1.54) is 30.4 Å². The minimum absolute atomic E-state index is 0.00604. The molecule has 1 aromatic heterocycles. The lowest BCUT2D eigenvalue weighted by Crippen LogP contribution is -2.08. The average molecular weight is 352 g/mol. The monoisotopic (exact) mass is 352 g/mol. The molecule has 0 atom stereocenters. The molecule has 0 aliphatic rings. The van der Waals surface area contributed by atoms with Gasteiger partial charge in [-0.25, -0.2) is 4.39 Å². The molecule has 0 amide bonds. The van der Waals surface area contributed by atoms with Crippen molar-refractivity contribution in [3.05, 3.63) is 82.5 Å². The second-order valence-electron chi connectivity index (χ2n) is 5.91. The lowest BCUT2D eigenvalue weighted by Gasteiger charge is -2.02. The van der Waals surface area contributed by atoms with Gasteiger partial charge in [-0.05, 0) is 41.8 Å². The summed E-state index contributed by atoms with van der Waals surface area (Å²) in [6.45, 7) is 1.52. The van der Waals surface area contributed by atoms with Crippen LogP contribution in [0.5, 0.6) is 0 Å². The van der Waals surface area contributed by atoms with E-state index in [9.17, 15) is 14.0 Å². The van der Waals surface area contributed by atoms with Crippen LogP contribution >= 0.6 is 11.3 Å². The van der Waals surface area contributed by atoms with E-state index in [0.29, 0.717) is 4.88 Å². The van der Waals surface area contributed by atoms with E-state index in [1.807, 2.05) is 36.4 Å². The number of halogens is 1. The first-order valence-electron chi connectivity index (χ1n) is 7.98. The lowest BCUT2D eigenvalue weighted by atomic mass is 10.0. The predicted octanol–water partition coefficient (Wildman–Crippen LogP) is 5.11. The first-order valence-corrected chi connectivity index (χ1v) is 8.80. The van der Waals surface area contributed by atoms with Crippen LogP contribution in [0.2, 0.25) is 0 Å². The Morgan fingerprint density at radius 1 is 0.960 bits per heavy atom. The van der Waals surface area contributed by atoms with Gasteiger partial charge in [0.1, 0.15) is 11.6 Å². The molecule has 2 aromatic carbocycles. The molecule has 0 bridgehead atoms. The van der Waals surface area contributed by atoms with E-state index < -0.39 is 0 Å². The molecule has 0 aliphatic carbocycles. The molecule has 0 saturated heterocycles. The van der Waals surface area contributed by atoms with Gasteiger partial charge in [0.15, 0.2) is 5.78 Å². The van der Waals surface area contributed by atoms with Crippen molar-refractivity contribution in [3.63, 3.8) is 0 Å². The van der Waals surface area contributed by atoms with E-state index in [0.717, 1.165) is 21.6 Å². The quantitative estimate of drug-likeness (QED) is 0.578. The fourth-order valence-electron chi connectivity index (χ4n) is 2.71. The van der Waals surface area contributed by atoms with Crippen LogP contribution in [-0.4, -0.2) is 11.6 Å². The SMILES string of the molecule is CC(=O)c1sc(-c2ccccc2)cc1CC(=O)Cc1ccc(F)cc1. The van der Waals surface area contributed by atoms with Gasteiger partial charge in [0.2, 0.25) is 0 Å². The van der Waals surface area contributed by atoms with Gasteiger partial charge in [0.05, 0.1) is 4.88 Å². The van der Waals surface area contributed by atoms with Crippen LogP contribution in [0, 0.1) is 5.82 Å². The maximum atomic E-state index is 13.0. The summed E-state index contributed by atoms with van der Waals surface area (Å²) in [7, 11) is 0. The third-order valence-electron chi connectivity index (χ3n) is 3.89. The van der Waals surface area contributed by atoms with Crippen molar-refractivity contribution >= 4 is 22.9 Å². The van der Waals surface area contributed by atoms with Crippen LogP contribution < -0.4 is 0 Å². The summed E-state index contributed by atoms with van der Waals surface area (Å²) in [5, 5.41) is 0. The van der Waals surface area contributed by atoms with Gasteiger partial charge in [-0.1, -0.05) is 42.5 Å². The van der Waals surface area contributed by atoms with Crippen LogP contribution in [-0.2, 0) is 17.6 Å². The second kappa shape index (κ2) is 7.53. The third-order valence-corrected chi connectivity index (χ3v) is 5.22. The zero-order valence-electron chi connectivity index (χ0n) is 13.8. The summed E-state index contributed by atoms with van der Waals surface area (Å²) in [5.41, 5.74) is 2.57. The van der Waals surface area contributed by atoms with Gasteiger partial charge in [0, 0.05) is 17.7 Å². The van der Waals surface area contributed by atoms with E-state index in [1.54, 1.807) is 12.1 Å². The Balaban J connectivity index is 1.81. The second-order valence-corrected chi connectivity index (χ2v) is 6.96. The molecule has 4 heteroatoms. The Bertz CT molecular complexity index is 895. The molecular weight excluding hydrogens is 335 g/mol. The van der Waals surface area contributed by atoms with E-state index in [2.05, 4.69) is 0 Å². The van der Waals surface area contributed by atoms with Gasteiger partial charge < -0.3 is 0 Å². The Labute approximate surface area is 149 Å². The Morgan fingerprint density at radius 2 is 1.64 bits per heavy atom. The average Bonchev–Trinajstić information content (AvgIpc) is 3.02. The fourth-order valence-corrected chi connectivity index (χ4v) is 3.79. The molecule has 0 radical (unpaired) electrons. The number of carbonyl (C=O) groups excluding carboxylic acids is 2. The Kier molecular flexibility index (Phi) is 5.19. The number of benzene rings is 2. The molecule has 0 unspecified atom stereocenters. The minimum Gasteiger partial charge on any atom is -0.299 e. The van der Waals surface area contributed by atoms with Crippen molar-refractivity contribution in [1.82, 2.24) is 0 Å². The molecule has 126 valence electrons. The highest BCUT2D eigenvalue weighted by atomic mass is 32.1. The molecule has 1 heterocycles. The summed E-state index contributed by atoms with van der Waals surface area (Å²) >= 11 is 1.42. The first kappa shape index (κ1) is 17.2. The van der Waals surface area contributed by atoms with Crippen LogP contribution in [0.4, 0.5) is 4.39 Å². The standard InChI is InChI=1S/C21H17FO2S/c1-14(23)21-17(13-20(25-21)16-5-3-2-4-6-16)12-19(24)11-15-7-9-18(22)10-8-15/h2-10,13H,11-12H2,1H3. The maximum Gasteiger partial charge on any atom is 0.170 e. The summed E-state index contributed by atoms with van der Waals surface area (Å²) in [6.07, 6.45) is 0.434. The number of ketones is 2. The molecule has 0 aliphatic heterocycles. The van der Waals surface area contributed by atoms with Crippen molar-refractivity contribution in [1.29, 1.82) is 0 Å². The van der Waals surface area contributed by atoms with Crippen LogP contribution in [0.3, 0.4) is 0 Å². The maximum absolute atomic E-state index is 13.0. The third kappa shape index (κ3) is 4.28. The van der Waals surface area contributed by atoms with Gasteiger partial charge >= 0.3 is 0 Å². The smallest absolute Gasteiger partial charge is 0.170 e. The van der Waals surface area contributed by atoms with Gasteiger partial charge in [-0.3, -0.25) is 9.59 Å². The number of hydrogen-bond acceptors (Lipinski definition) is 3. The highest BCUT2D eigenvalue weighted by Gasteiger charge is 2.17. The summed E-state index contributed by atoms with van der Waals surface area (Å²) < 4.78 is 13.0. The molecule has 2 nitrogen and oxygen atoms in total. The highest BCUT2D eigenvalue weighted by molar-refractivity contribution is 7.17. The molecular formula is C21H17FO2S. The van der Waals surface area contributed by atoms with Gasteiger partial charge in [0.25, 0.3) is 0 Å². The van der Waals surface area contributed by atoms with Crippen molar-refractivity contribution in [2.75, 3.05) is 0 Å². The number of Topliss-reactive ketones (excluding diaryl/α,β-unsaturated/α-hetero) is 2. The summed E-state index contributed by atoms with van der Waals surface area (Å²) in [6, 6.07) is 17.7. The largest absolute Gasteiger partial charge is 0.299 e. The number of rotatable bonds is 6. The zero-order chi connectivity index (χ0) is 17.8. The van der Waals surface area contributed by atoms with Crippen LogP contribution in [0.1, 0.15) is 27.7 Å². The summed E-state index contributed by atoms with van der Waals surface area (Å²) in [5.74, 6) is -0.344. The van der Waals surface area contributed by atoms with E-state index in [-0.39, 0.29) is 30.2 Å². The normalized spacial score (nSPS) is 10.6. The Hall–Kier alpha value is -2.59. The summed E-state index contributed by atoms with van der Waals surface area (Å²) in [4.78, 5) is 25.9. The van der Waals surface area contributed by atoms with Crippen molar-refractivity contribution < 1.29 is 14.0 Å². The molecule has 0 spiro atoms. The van der Waals surface area contributed by atoms with Crippen molar-refractivity contribution in [2.45, 2.75) is 19.8 Å². The van der Waals surface area contributed by atoms with Crippen molar-refractivity contribution in [3.8, 4) is 10.4 Å². The molecule has 0 fully saturated rings. The van der Waals surface area contributed by atoms with E-state index >= 15 is 0 Å². The van der Waals surface area contributed by atoms with Crippen molar-refractivity contribution in [2.24, 2.45) is 0 Å². The molecule has 3 aromatic rings. The Morgan fingerprint density at radius 3 is 2.28 bits per heavy atom. The van der Waals surface area contributed by atoms with E-state index in [4.69, 9.17) is 0 Å². The first-order chi connectivity index (χ1) is 12.0. The number of carbonyl (C=O) groups is 2. The molecule has 0 N–H and O–H groups in total. The zero-order valence-corrected chi connectivity index (χ0v) is 14.6. The number of hydrogen-bond donors (Lipinski definition) is 0. The predicted molar refractivity (Wildman–Crippen MR) is 98.6 cm³/mol. The lowest BCUT2D eigenvalue weighted by molar-refractivity contribution is -0.117. The fraction of sp³-hybridized carbons (Fsp3) is 0.143.